The molecule has 63 heavy (non-hydrogen) atoms. The van der Waals surface area contributed by atoms with E-state index in [9.17, 15) is 0 Å². The van der Waals surface area contributed by atoms with E-state index < -0.39 is 0 Å². The Bertz CT molecular complexity index is 3090. The number of anilines is 7. The summed E-state index contributed by atoms with van der Waals surface area (Å²) in [5, 5.41) is 3.69. The smallest absolute Gasteiger partial charge is 0.257 e. The van der Waals surface area contributed by atoms with Gasteiger partial charge in [0.1, 0.15) is 5.58 Å². The third-order valence-electron chi connectivity index (χ3n) is 18.3. The van der Waals surface area contributed by atoms with Gasteiger partial charge in [-0.05, 0) is 138 Å². The van der Waals surface area contributed by atoms with Crippen LogP contribution in [0.3, 0.4) is 0 Å². The van der Waals surface area contributed by atoms with E-state index in [1.165, 1.54) is 129 Å². The van der Waals surface area contributed by atoms with Crippen LogP contribution in [0.15, 0.2) is 114 Å². The van der Waals surface area contributed by atoms with E-state index in [0.717, 1.165) is 17.2 Å². The van der Waals surface area contributed by atoms with Crippen molar-refractivity contribution in [1.29, 1.82) is 0 Å². The van der Waals surface area contributed by atoms with Gasteiger partial charge in [-0.25, -0.2) is 0 Å². The highest BCUT2D eigenvalue weighted by molar-refractivity contribution is 7.01. The fourth-order valence-electron chi connectivity index (χ4n) is 14.4. The Hall–Kier alpha value is -5.42. The fraction of sp³-hybridized carbons (Fsp3) is 0.379. The molecule has 0 amide bonds. The first-order valence-electron chi connectivity index (χ1n) is 24.3. The summed E-state index contributed by atoms with van der Waals surface area (Å²) < 4.78 is 7.40. The van der Waals surface area contributed by atoms with Crippen LogP contribution in [0.2, 0.25) is 0 Å². The molecule has 4 aliphatic heterocycles. The first kappa shape index (κ1) is 38.1. The van der Waals surface area contributed by atoms with Crippen molar-refractivity contribution in [1.82, 2.24) is 0 Å². The SMILES string of the molecule is CC(C)c1ccc2c(c1)C1(C)CCCCC1(C)N2c1cc2c3c(c1)N1c4c(cc(C(C)C)cc4C4(C)CCCCC14C)B3c1c(oc3cc4ccccc4cc13)N2c1ccccc1. The predicted octanol–water partition coefficient (Wildman–Crippen LogP) is 13.9. The number of fused-ring (bicyclic) bond motifs is 13. The van der Waals surface area contributed by atoms with Gasteiger partial charge in [0.05, 0.1) is 11.1 Å². The number of furan rings is 1. The Labute approximate surface area is 374 Å². The highest BCUT2D eigenvalue weighted by Crippen LogP contribution is 2.65. The van der Waals surface area contributed by atoms with Crippen molar-refractivity contribution in [3.8, 4) is 0 Å². The fourth-order valence-corrected chi connectivity index (χ4v) is 14.4. The molecule has 0 saturated heterocycles. The van der Waals surface area contributed by atoms with Crippen molar-refractivity contribution in [2.24, 2.45) is 0 Å². The number of nitrogens with zero attached hydrogens (tertiary/aromatic N) is 3. The number of hydrogen-bond acceptors (Lipinski definition) is 4. The Balaban J connectivity index is 1.18. The lowest BCUT2D eigenvalue weighted by atomic mass is 9.33. The third-order valence-corrected chi connectivity index (χ3v) is 18.3. The van der Waals surface area contributed by atoms with Crippen molar-refractivity contribution in [2.75, 3.05) is 14.7 Å². The maximum Gasteiger partial charge on any atom is 0.257 e. The van der Waals surface area contributed by atoms with Gasteiger partial charge in [0, 0.05) is 55.8 Å². The van der Waals surface area contributed by atoms with Crippen molar-refractivity contribution in [3.05, 3.63) is 131 Å². The van der Waals surface area contributed by atoms with E-state index in [1.54, 1.807) is 5.56 Å². The largest absolute Gasteiger partial charge is 0.440 e. The lowest BCUT2D eigenvalue weighted by Gasteiger charge is -2.53. The number of hydrogen-bond donors (Lipinski definition) is 0. The van der Waals surface area contributed by atoms with E-state index in [4.69, 9.17) is 4.42 Å². The molecule has 13 rings (SSSR count). The van der Waals surface area contributed by atoms with E-state index in [0.29, 0.717) is 11.8 Å². The molecule has 0 bridgehead atoms. The van der Waals surface area contributed by atoms with Gasteiger partial charge in [-0.2, -0.15) is 0 Å². The van der Waals surface area contributed by atoms with Crippen LogP contribution in [-0.4, -0.2) is 17.8 Å². The lowest BCUT2D eigenvalue weighted by Crippen LogP contribution is -2.64. The van der Waals surface area contributed by atoms with Gasteiger partial charge >= 0.3 is 0 Å². The van der Waals surface area contributed by atoms with Crippen molar-refractivity contribution in [3.63, 3.8) is 0 Å². The minimum absolute atomic E-state index is 0.00692. The topological polar surface area (TPSA) is 22.9 Å². The zero-order valence-corrected chi connectivity index (χ0v) is 38.5. The molecular formula is C58H60BN3O. The number of rotatable bonds is 4. The Morgan fingerprint density at radius 1 is 0.540 bits per heavy atom. The first-order valence-corrected chi connectivity index (χ1v) is 24.3. The Morgan fingerprint density at radius 2 is 1.16 bits per heavy atom. The van der Waals surface area contributed by atoms with Crippen LogP contribution in [0.25, 0.3) is 21.7 Å². The second-order valence-electron chi connectivity index (χ2n) is 21.9. The maximum atomic E-state index is 7.40. The lowest BCUT2D eigenvalue weighted by molar-refractivity contribution is 0.194. The van der Waals surface area contributed by atoms with Gasteiger partial charge in [0.2, 0.25) is 5.88 Å². The Kier molecular flexibility index (Phi) is 7.64. The molecule has 4 unspecified atom stereocenters. The molecule has 6 aliphatic rings. The zero-order valence-electron chi connectivity index (χ0n) is 38.5. The highest BCUT2D eigenvalue weighted by Gasteiger charge is 2.63. The van der Waals surface area contributed by atoms with Gasteiger partial charge in [-0.1, -0.05) is 134 Å². The predicted molar refractivity (Wildman–Crippen MR) is 267 cm³/mol. The summed E-state index contributed by atoms with van der Waals surface area (Å²) in [4.78, 5) is 8.27. The van der Waals surface area contributed by atoms with Gasteiger partial charge in [-0.3, -0.25) is 4.90 Å². The van der Waals surface area contributed by atoms with Gasteiger partial charge in [0.15, 0.2) is 0 Å². The molecule has 2 saturated carbocycles. The minimum atomic E-state index is -0.0847. The zero-order chi connectivity index (χ0) is 42.9. The summed E-state index contributed by atoms with van der Waals surface area (Å²) in [5.41, 5.74) is 18.9. The molecule has 316 valence electrons. The van der Waals surface area contributed by atoms with Crippen LogP contribution >= 0.6 is 0 Å². The number of benzene rings is 6. The Morgan fingerprint density at radius 3 is 1.87 bits per heavy atom. The maximum absolute atomic E-state index is 7.40. The van der Waals surface area contributed by atoms with Crippen LogP contribution in [0.5, 0.6) is 0 Å². The summed E-state index contributed by atoms with van der Waals surface area (Å²) in [7, 11) is 0. The van der Waals surface area contributed by atoms with E-state index in [1.807, 2.05) is 0 Å². The molecule has 0 N–H and O–H groups in total. The second kappa shape index (κ2) is 12.6. The molecule has 0 spiro atoms. The van der Waals surface area contributed by atoms with Crippen LogP contribution in [0.1, 0.15) is 141 Å². The van der Waals surface area contributed by atoms with Crippen molar-refractivity contribution in [2.45, 2.75) is 141 Å². The molecule has 2 aliphatic carbocycles. The molecule has 6 aromatic carbocycles. The van der Waals surface area contributed by atoms with Crippen LogP contribution in [0.4, 0.5) is 40.0 Å². The summed E-state index contributed by atoms with van der Waals surface area (Å²) in [6.45, 7) is 19.9. The van der Waals surface area contributed by atoms with Gasteiger partial charge < -0.3 is 14.2 Å². The minimum Gasteiger partial charge on any atom is -0.440 e. The molecule has 5 heterocycles. The standard InChI is InChI=1S/C58H60BN3O/c1-35(2)37-22-23-47-44(29-37)55(5)24-14-16-26-57(55,7)61(47)42-33-48-52-49(34-42)62-53-45(56(6)25-15-17-27-58(56,62)8)30-40(36(3)4)31-46(53)59(52)51-43-28-38-18-12-13-19-39(38)32-50(43)63-54(51)60(48)41-20-10-9-11-21-41/h9-13,18-23,28-36H,14-17,24-27H2,1-8H3. The summed E-state index contributed by atoms with van der Waals surface area (Å²) >= 11 is 0. The molecule has 4 atom stereocenters. The molecule has 2 fully saturated rings. The molecular weight excluding hydrogens is 765 g/mol. The summed E-state index contributed by atoms with van der Waals surface area (Å²) in [6.07, 6.45) is 9.80. The van der Waals surface area contributed by atoms with Crippen LogP contribution in [-0.2, 0) is 10.8 Å². The van der Waals surface area contributed by atoms with Crippen molar-refractivity contribution >= 4 is 84.9 Å². The first-order chi connectivity index (χ1) is 30.4. The molecule has 4 nitrogen and oxygen atoms in total. The quantitative estimate of drug-likeness (QED) is 0.165. The second-order valence-corrected chi connectivity index (χ2v) is 21.9. The monoisotopic (exact) mass is 825 g/mol. The molecule has 5 heteroatoms. The van der Waals surface area contributed by atoms with Gasteiger partial charge in [-0.15, -0.1) is 0 Å². The molecule has 1 aromatic heterocycles. The number of para-hydroxylation sites is 1. The third kappa shape index (κ3) is 4.64. The molecule has 7 aromatic rings. The average molecular weight is 826 g/mol. The average Bonchev–Trinajstić information content (AvgIpc) is 3.82. The van der Waals surface area contributed by atoms with E-state index in [-0.39, 0.29) is 28.6 Å². The summed E-state index contributed by atoms with van der Waals surface area (Å²) in [6, 6.07) is 42.6. The highest BCUT2D eigenvalue weighted by atomic mass is 16.4. The van der Waals surface area contributed by atoms with Crippen molar-refractivity contribution < 1.29 is 4.42 Å². The normalized spacial score (nSPS) is 26.3. The molecule has 0 radical (unpaired) electrons. The summed E-state index contributed by atoms with van der Waals surface area (Å²) in [5.74, 6) is 1.84. The van der Waals surface area contributed by atoms with E-state index >= 15 is 0 Å². The van der Waals surface area contributed by atoms with E-state index in [2.05, 4.69) is 179 Å². The van der Waals surface area contributed by atoms with Gasteiger partial charge in [0.25, 0.3) is 6.71 Å². The van der Waals surface area contributed by atoms with Crippen LogP contribution in [0, 0.1) is 0 Å². The van der Waals surface area contributed by atoms with Crippen LogP contribution < -0.4 is 31.1 Å².